The molecule has 0 aliphatic carbocycles. The highest BCUT2D eigenvalue weighted by molar-refractivity contribution is 6.32. The number of hydrogen-bond donors (Lipinski definition) is 2. The minimum atomic E-state index is -0.861. The number of halogens is 2. The van der Waals surface area contributed by atoms with Crippen LogP contribution in [0.2, 0.25) is 10.0 Å². The van der Waals surface area contributed by atoms with Gasteiger partial charge in [-0.3, -0.25) is 24.5 Å². The van der Waals surface area contributed by atoms with E-state index in [0.29, 0.717) is 16.3 Å². The number of carbonyl (C=O) groups excluding carboxylic acids is 3. The smallest absolute Gasteiger partial charge is 0.325 e. The van der Waals surface area contributed by atoms with Gasteiger partial charge in [0.15, 0.2) is 6.61 Å². The third kappa shape index (κ3) is 6.16. The molecule has 2 aromatic rings. The van der Waals surface area contributed by atoms with Gasteiger partial charge >= 0.3 is 5.97 Å². The van der Waals surface area contributed by atoms with E-state index in [-0.39, 0.29) is 10.6 Å². The topological polar surface area (TPSA) is 128 Å². The summed E-state index contributed by atoms with van der Waals surface area (Å²) in [5.74, 6) is -2.18. The molecule has 0 aliphatic rings. The van der Waals surface area contributed by atoms with Crippen molar-refractivity contribution < 1.29 is 24.0 Å². The lowest BCUT2D eigenvalue weighted by Crippen LogP contribution is -2.32. The summed E-state index contributed by atoms with van der Waals surface area (Å²) < 4.78 is 4.79. The Labute approximate surface area is 175 Å². The summed E-state index contributed by atoms with van der Waals surface area (Å²) in [6, 6.07) is 8.44. The number of nitrogens with one attached hydrogen (secondary N) is 2. The number of nitro groups is 1. The van der Waals surface area contributed by atoms with Crippen LogP contribution in [-0.4, -0.2) is 35.9 Å². The summed E-state index contributed by atoms with van der Waals surface area (Å²) in [6.07, 6.45) is 0. The molecule has 0 atom stereocenters. The molecule has 0 saturated carbocycles. The number of nitro benzene ring substituents is 1. The fourth-order valence-electron chi connectivity index (χ4n) is 2.17. The quantitative estimate of drug-likeness (QED) is 0.387. The number of hydrogen-bond acceptors (Lipinski definition) is 6. The average molecular weight is 440 g/mol. The van der Waals surface area contributed by atoms with E-state index in [1.807, 2.05) is 0 Å². The molecule has 0 radical (unpaired) electrons. The highest BCUT2D eigenvalue weighted by Gasteiger charge is 2.17. The first kappa shape index (κ1) is 22.1. The Bertz CT molecular complexity index is 980. The number of amides is 2. The second-order valence-corrected chi connectivity index (χ2v) is 6.54. The second-order valence-electron chi connectivity index (χ2n) is 5.73. The van der Waals surface area contributed by atoms with Crippen molar-refractivity contribution in [2.75, 3.05) is 18.5 Å². The van der Waals surface area contributed by atoms with Crippen LogP contribution in [0.4, 0.5) is 11.4 Å². The third-order valence-electron chi connectivity index (χ3n) is 3.70. The van der Waals surface area contributed by atoms with Crippen LogP contribution in [0, 0.1) is 17.0 Å². The Balaban J connectivity index is 1.83. The largest absolute Gasteiger partial charge is 0.454 e. The number of anilines is 1. The third-order valence-corrected chi connectivity index (χ3v) is 4.43. The fourth-order valence-corrected chi connectivity index (χ4v) is 2.54. The molecule has 0 saturated heterocycles. The lowest BCUT2D eigenvalue weighted by molar-refractivity contribution is -0.384. The Morgan fingerprint density at radius 2 is 1.86 bits per heavy atom. The van der Waals surface area contributed by atoms with Gasteiger partial charge in [-0.15, -0.1) is 0 Å². The first-order valence-electron chi connectivity index (χ1n) is 8.11. The number of rotatable bonds is 7. The van der Waals surface area contributed by atoms with Gasteiger partial charge in [-0.1, -0.05) is 29.3 Å². The highest BCUT2D eigenvalue weighted by Crippen LogP contribution is 2.25. The van der Waals surface area contributed by atoms with Crippen LogP contribution >= 0.6 is 23.2 Å². The van der Waals surface area contributed by atoms with Crippen molar-refractivity contribution in [3.05, 3.63) is 67.7 Å². The molecular formula is C18H15Cl2N3O6. The number of nitrogens with zero attached hydrogens (tertiary/aromatic N) is 1. The van der Waals surface area contributed by atoms with Gasteiger partial charge in [0.25, 0.3) is 17.5 Å². The first-order chi connectivity index (χ1) is 13.7. The van der Waals surface area contributed by atoms with Crippen LogP contribution in [0.1, 0.15) is 15.9 Å². The fraction of sp³-hybridized carbons (Fsp3) is 0.167. The number of benzene rings is 2. The van der Waals surface area contributed by atoms with E-state index in [2.05, 4.69) is 10.6 Å². The number of esters is 1. The van der Waals surface area contributed by atoms with E-state index in [9.17, 15) is 24.5 Å². The molecule has 0 aromatic heterocycles. The van der Waals surface area contributed by atoms with Gasteiger partial charge in [0, 0.05) is 22.3 Å². The molecule has 0 unspecified atom stereocenters. The summed E-state index contributed by atoms with van der Waals surface area (Å²) in [4.78, 5) is 45.7. The number of carbonyl (C=O) groups is 3. The summed E-state index contributed by atoms with van der Waals surface area (Å²) in [6.45, 7) is 0.631. The van der Waals surface area contributed by atoms with Crippen LogP contribution in [-0.2, 0) is 14.3 Å². The van der Waals surface area contributed by atoms with Crippen molar-refractivity contribution in [3.8, 4) is 0 Å². The van der Waals surface area contributed by atoms with Crippen molar-refractivity contribution in [2.24, 2.45) is 0 Å². The molecule has 9 nitrogen and oxygen atoms in total. The predicted octanol–water partition coefficient (Wildman–Crippen LogP) is 3.12. The number of ether oxygens (including phenoxy) is 1. The zero-order valence-electron chi connectivity index (χ0n) is 15.0. The molecule has 152 valence electrons. The Morgan fingerprint density at radius 3 is 2.55 bits per heavy atom. The van der Waals surface area contributed by atoms with Gasteiger partial charge in [-0.2, -0.15) is 0 Å². The van der Waals surface area contributed by atoms with E-state index in [1.54, 1.807) is 25.1 Å². The van der Waals surface area contributed by atoms with Crippen LogP contribution in [0.15, 0.2) is 36.4 Å². The molecule has 2 amide bonds. The van der Waals surface area contributed by atoms with Crippen LogP contribution in [0.3, 0.4) is 0 Å². The SMILES string of the molecule is Cc1c(Cl)cccc1NC(=O)COC(=O)CNC(=O)c1ccc(Cl)c([N+](=O)[O-])c1. The molecule has 2 rings (SSSR count). The first-order valence-corrected chi connectivity index (χ1v) is 8.87. The lowest BCUT2D eigenvalue weighted by atomic mass is 10.2. The van der Waals surface area contributed by atoms with Crippen LogP contribution in [0.25, 0.3) is 0 Å². The predicted molar refractivity (Wildman–Crippen MR) is 106 cm³/mol. The second kappa shape index (κ2) is 9.85. The van der Waals surface area contributed by atoms with Crippen molar-refractivity contribution in [1.29, 1.82) is 0 Å². The van der Waals surface area contributed by atoms with Crippen LogP contribution in [0.5, 0.6) is 0 Å². The standard InChI is InChI=1S/C18H15Cl2N3O6/c1-10-12(19)3-2-4-14(10)22-16(24)9-29-17(25)8-21-18(26)11-5-6-13(20)15(7-11)23(27)28/h2-7H,8-9H2,1H3,(H,21,26)(H,22,24). The summed E-state index contributed by atoms with van der Waals surface area (Å²) in [7, 11) is 0. The summed E-state index contributed by atoms with van der Waals surface area (Å²) in [5.41, 5.74) is 0.660. The molecule has 2 aromatic carbocycles. The summed E-state index contributed by atoms with van der Waals surface area (Å²) in [5, 5.41) is 16.0. The zero-order valence-corrected chi connectivity index (χ0v) is 16.5. The monoisotopic (exact) mass is 439 g/mol. The van der Waals surface area contributed by atoms with Crippen molar-refractivity contribution >= 4 is 52.4 Å². The minimum Gasteiger partial charge on any atom is -0.454 e. The van der Waals surface area contributed by atoms with E-state index in [1.165, 1.54) is 12.1 Å². The molecule has 0 fully saturated rings. The van der Waals surface area contributed by atoms with Gasteiger partial charge in [0.1, 0.15) is 11.6 Å². The van der Waals surface area contributed by atoms with Gasteiger partial charge in [0.2, 0.25) is 0 Å². The molecule has 29 heavy (non-hydrogen) atoms. The zero-order chi connectivity index (χ0) is 21.6. The molecule has 2 N–H and O–H groups in total. The van der Waals surface area contributed by atoms with Gasteiger partial charge < -0.3 is 15.4 Å². The average Bonchev–Trinajstić information content (AvgIpc) is 2.68. The van der Waals surface area contributed by atoms with Crippen LogP contribution < -0.4 is 10.6 Å². The maximum Gasteiger partial charge on any atom is 0.325 e. The molecule has 0 aliphatic heterocycles. The Hall–Kier alpha value is -3.17. The maximum absolute atomic E-state index is 12.0. The molecule has 0 bridgehead atoms. The van der Waals surface area contributed by atoms with Gasteiger partial charge in [-0.05, 0) is 36.8 Å². The van der Waals surface area contributed by atoms with Gasteiger partial charge in [-0.25, -0.2) is 0 Å². The van der Waals surface area contributed by atoms with E-state index >= 15 is 0 Å². The minimum absolute atomic E-state index is 0.0527. The highest BCUT2D eigenvalue weighted by atomic mass is 35.5. The maximum atomic E-state index is 12.0. The van der Waals surface area contributed by atoms with E-state index < -0.39 is 41.5 Å². The van der Waals surface area contributed by atoms with Crippen molar-refractivity contribution in [1.82, 2.24) is 5.32 Å². The van der Waals surface area contributed by atoms with Crippen molar-refractivity contribution in [3.63, 3.8) is 0 Å². The lowest BCUT2D eigenvalue weighted by Gasteiger charge is -2.10. The molecule has 0 heterocycles. The van der Waals surface area contributed by atoms with E-state index in [4.69, 9.17) is 27.9 Å². The summed E-state index contributed by atoms with van der Waals surface area (Å²) >= 11 is 11.6. The Kier molecular flexibility index (Phi) is 7.52. The normalized spacial score (nSPS) is 10.2. The van der Waals surface area contributed by atoms with E-state index in [0.717, 1.165) is 6.07 Å². The van der Waals surface area contributed by atoms with Gasteiger partial charge in [0.05, 0.1) is 4.92 Å². The van der Waals surface area contributed by atoms with Crippen molar-refractivity contribution in [2.45, 2.75) is 6.92 Å². The molecule has 0 spiro atoms. The Morgan fingerprint density at radius 1 is 1.14 bits per heavy atom. The molecule has 11 heteroatoms. The molecular weight excluding hydrogens is 425 g/mol.